The lowest BCUT2D eigenvalue weighted by Gasteiger charge is -2.10. The van der Waals surface area contributed by atoms with Crippen LogP contribution in [0.3, 0.4) is 0 Å². The summed E-state index contributed by atoms with van der Waals surface area (Å²) in [6.07, 6.45) is 0. The summed E-state index contributed by atoms with van der Waals surface area (Å²) in [7, 11) is 1.70. The van der Waals surface area contributed by atoms with Crippen LogP contribution in [0.2, 0.25) is 0 Å². The van der Waals surface area contributed by atoms with Crippen LogP contribution in [0.15, 0.2) is 10.5 Å². The smallest absolute Gasteiger partial charge is 0.136 e. The quantitative estimate of drug-likeness (QED) is 0.709. The van der Waals surface area contributed by atoms with E-state index in [2.05, 4.69) is 58.4 Å². The molecule has 1 nitrogen and oxygen atoms in total. The largest absolute Gasteiger partial charge is 0.495 e. The molecule has 0 spiro atoms. The zero-order valence-corrected chi connectivity index (χ0v) is 11.0. The topological polar surface area (TPSA) is 9.23 Å². The highest BCUT2D eigenvalue weighted by Crippen LogP contribution is 2.33. The first-order valence-corrected chi connectivity index (χ1v) is 5.44. The summed E-state index contributed by atoms with van der Waals surface area (Å²) in [4.78, 5) is 0. The van der Waals surface area contributed by atoms with Crippen molar-refractivity contribution in [1.29, 1.82) is 0 Å². The lowest BCUT2D eigenvalue weighted by atomic mass is 10.1. The van der Waals surface area contributed by atoms with Gasteiger partial charge in [-0.2, -0.15) is 0 Å². The molecule has 0 aliphatic heterocycles. The maximum Gasteiger partial charge on any atom is 0.136 e. The summed E-state index contributed by atoms with van der Waals surface area (Å²) in [5.74, 6) is 0.966. The molecule has 12 heavy (non-hydrogen) atoms. The first-order chi connectivity index (χ1) is 5.57. The third kappa shape index (κ3) is 1.76. The molecule has 3 heteroatoms. The number of hydrogen-bond acceptors (Lipinski definition) is 1. The van der Waals surface area contributed by atoms with Crippen LogP contribution in [0.1, 0.15) is 11.1 Å². The van der Waals surface area contributed by atoms with Crippen LogP contribution in [0, 0.1) is 17.4 Å². The molecule has 0 saturated heterocycles. The zero-order valence-electron chi connectivity index (χ0n) is 7.24. The van der Waals surface area contributed by atoms with E-state index in [1.807, 2.05) is 0 Å². The number of methoxy groups -OCH3 is 1. The second kappa shape index (κ2) is 3.96. The van der Waals surface area contributed by atoms with Crippen LogP contribution in [0.5, 0.6) is 5.75 Å². The molecule has 0 heterocycles. The van der Waals surface area contributed by atoms with E-state index < -0.39 is 0 Å². The number of halogens is 2. The summed E-state index contributed by atoms with van der Waals surface area (Å²) < 4.78 is 7.57. The Morgan fingerprint density at radius 3 is 2.50 bits per heavy atom. The van der Waals surface area contributed by atoms with Crippen molar-refractivity contribution in [3.63, 3.8) is 0 Å². The van der Waals surface area contributed by atoms with Gasteiger partial charge in [-0.1, -0.05) is 15.9 Å². The Hall–Kier alpha value is 0.230. The molecule has 0 atom stereocenters. The Bertz CT molecular complexity index is 310. The fourth-order valence-corrected chi connectivity index (χ4v) is 2.53. The van der Waals surface area contributed by atoms with E-state index >= 15 is 0 Å². The molecule has 0 radical (unpaired) electrons. The van der Waals surface area contributed by atoms with Gasteiger partial charge in [0.15, 0.2) is 0 Å². The van der Waals surface area contributed by atoms with Gasteiger partial charge in [0.25, 0.3) is 0 Å². The van der Waals surface area contributed by atoms with Gasteiger partial charge in [0.05, 0.1) is 10.7 Å². The van der Waals surface area contributed by atoms with Crippen LogP contribution in [0.25, 0.3) is 0 Å². The monoisotopic (exact) mass is 340 g/mol. The zero-order chi connectivity index (χ0) is 9.30. The molecule has 1 aromatic carbocycles. The third-order valence-electron chi connectivity index (χ3n) is 1.78. The number of rotatable bonds is 1. The summed E-state index contributed by atoms with van der Waals surface area (Å²) in [6, 6.07) is 2.11. The Labute approximate surface area is 94.8 Å². The van der Waals surface area contributed by atoms with Gasteiger partial charge in [-0.05, 0) is 48.1 Å². The van der Waals surface area contributed by atoms with Crippen LogP contribution in [-0.4, -0.2) is 7.11 Å². The average Bonchev–Trinajstić information content (AvgIpc) is 2.01. The lowest BCUT2D eigenvalue weighted by Crippen LogP contribution is -1.93. The van der Waals surface area contributed by atoms with Crippen LogP contribution < -0.4 is 4.74 Å². The maximum absolute atomic E-state index is 5.27. The minimum atomic E-state index is 0.966. The number of hydrogen-bond donors (Lipinski definition) is 0. The van der Waals surface area contributed by atoms with E-state index in [0.29, 0.717) is 0 Å². The fraction of sp³-hybridized carbons (Fsp3) is 0.333. The molecule has 0 aliphatic carbocycles. The number of aryl methyl sites for hydroxylation is 1. The standard InChI is InChI=1S/C9H10BrIO/c1-5-4-7(11)9(12-3)6(2)8(5)10/h4H,1-3H3. The van der Waals surface area contributed by atoms with Gasteiger partial charge >= 0.3 is 0 Å². The van der Waals surface area contributed by atoms with E-state index in [4.69, 9.17) is 4.74 Å². The number of ether oxygens (including phenoxy) is 1. The molecular formula is C9H10BrIO. The third-order valence-corrected chi connectivity index (χ3v) is 3.80. The SMILES string of the molecule is COc1c(I)cc(C)c(Br)c1C. The van der Waals surface area contributed by atoms with Gasteiger partial charge < -0.3 is 4.74 Å². The first kappa shape index (κ1) is 10.3. The molecule has 0 aliphatic rings. The van der Waals surface area contributed by atoms with E-state index in [1.54, 1.807) is 7.11 Å². The Morgan fingerprint density at radius 1 is 1.42 bits per heavy atom. The molecule has 0 fully saturated rings. The first-order valence-electron chi connectivity index (χ1n) is 3.57. The van der Waals surface area contributed by atoms with Gasteiger partial charge in [-0.15, -0.1) is 0 Å². The van der Waals surface area contributed by atoms with Crippen molar-refractivity contribution in [3.05, 3.63) is 25.2 Å². The molecule has 0 aromatic heterocycles. The summed E-state index contributed by atoms with van der Waals surface area (Å²) in [5.41, 5.74) is 2.42. The minimum Gasteiger partial charge on any atom is -0.495 e. The lowest BCUT2D eigenvalue weighted by molar-refractivity contribution is 0.408. The molecule has 0 N–H and O–H groups in total. The predicted molar refractivity (Wildman–Crippen MR) is 62.9 cm³/mol. The van der Waals surface area contributed by atoms with Gasteiger partial charge in [0.2, 0.25) is 0 Å². The second-order valence-corrected chi connectivity index (χ2v) is 4.60. The predicted octanol–water partition coefficient (Wildman–Crippen LogP) is 3.68. The summed E-state index contributed by atoms with van der Waals surface area (Å²) in [6.45, 7) is 4.14. The summed E-state index contributed by atoms with van der Waals surface area (Å²) >= 11 is 5.80. The van der Waals surface area contributed by atoms with Crippen LogP contribution in [-0.2, 0) is 0 Å². The van der Waals surface area contributed by atoms with Crippen molar-refractivity contribution in [2.75, 3.05) is 7.11 Å². The van der Waals surface area contributed by atoms with Gasteiger partial charge in [0.1, 0.15) is 5.75 Å². The highest BCUT2D eigenvalue weighted by Gasteiger charge is 2.09. The fourth-order valence-electron chi connectivity index (χ4n) is 1.14. The molecule has 0 saturated carbocycles. The molecule has 1 aromatic rings. The highest BCUT2D eigenvalue weighted by atomic mass is 127. The minimum absolute atomic E-state index is 0.966. The second-order valence-electron chi connectivity index (χ2n) is 2.65. The normalized spacial score (nSPS) is 10.1. The highest BCUT2D eigenvalue weighted by molar-refractivity contribution is 14.1. The van der Waals surface area contributed by atoms with Crippen molar-refractivity contribution in [3.8, 4) is 5.75 Å². The van der Waals surface area contributed by atoms with Gasteiger partial charge in [-0.25, -0.2) is 0 Å². The van der Waals surface area contributed by atoms with Crippen molar-refractivity contribution in [1.82, 2.24) is 0 Å². The van der Waals surface area contributed by atoms with Gasteiger partial charge in [0, 0.05) is 10.0 Å². The van der Waals surface area contributed by atoms with Crippen molar-refractivity contribution in [2.24, 2.45) is 0 Å². The van der Waals surface area contributed by atoms with E-state index in [0.717, 1.165) is 13.8 Å². The average molecular weight is 341 g/mol. The van der Waals surface area contributed by atoms with E-state index in [-0.39, 0.29) is 0 Å². The van der Waals surface area contributed by atoms with Crippen molar-refractivity contribution < 1.29 is 4.74 Å². The van der Waals surface area contributed by atoms with E-state index in [1.165, 1.54) is 11.1 Å². The maximum atomic E-state index is 5.27. The summed E-state index contributed by atoms with van der Waals surface area (Å²) in [5, 5.41) is 0. The van der Waals surface area contributed by atoms with Gasteiger partial charge in [-0.3, -0.25) is 0 Å². The molecule has 0 unspecified atom stereocenters. The Balaban J connectivity index is 3.40. The molecule has 0 amide bonds. The van der Waals surface area contributed by atoms with Crippen LogP contribution in [0.4, 0.5) is 0 Å². The Kier molecular flexibility index (Phi) is 3.40. The molecule has 66 valence electrons. The van der Waals surface area contributed by atoms with Crippen LogP contribution >= 0.6 is 38.5 Å². The molecular weight excluding hydrogens is 331 g/mol. The van der Waals surface area contributed by atoms with E-state index in [9.17, 15) is 0 Å². The molecule has 1 rings (SSSR count). The number of benzene rings is 1. The van der Waals surface area contributed by atoms with Crippen molar-refractivity contribution >= 4 is 38.5 Å². The van der Waals surface area contributed by atoms with Crippen molar-refractivity contribution in [2.45, 2.75) is 13.8 Å². The Morgan fingerprint density at radius 2 is 2.00 bits per heavy atom. The molecule has 0 bridgehead atoms.